The highest BCUT2D eigenvalue weighted by molar-refractivity contribution is 4.65. The molecule has 0 heterocycles. The van der Waals surface area contributed by atoms with Gasteiger partial charge in [0.2, 0.25) is 0 Å². The molecule has 0 saturated heterocycles. The van der Waals surface area contributed by atoms with Crippen molar-refractivity contribution in [3.8, 4) is 0 Å². The van der Waals surface area contributed by atoms with Gasteiger partial charge in [0.05, 0.1) is 12.7 Å². The van der Waals surface area contributed by atoms with Crippen LogP contribution in [0.1, 0.15) is 53.9 Å². The molecule has 110 valence electrons. The maximum absolute atomic E-state index is 9.74. The first-order chi connectivity index (χ1) is 8.41. The fourth-order valence-electron chi connectivity index (χ4n) is 1.77. The van der Waals surface area contributed by atoms with Crippen LogP contribution in [0.25, 0.3) is 0 Å². The van der Waals surface area contributed by atoms with Gasteiger partial charge in [0.15, 0.2) is 0 Å². The average molecular weight is 259 g/mol. The van der Waals surface area contributed by atoms with Gasteiger partial charge in [-0.2, -0.15) is 0 Å². The third-order valence-corrected chi connectivity index (χ3v) is 2.88. The van der Waals surface area contributed by atoms with Crippen molar-refractivity contribution in [2.24, 2.45) is 11.8 Å². The molecule has 2 atom stereocenters. The second-order valence-electron chi connectivity index (χ2n) is 6.22. The Labute approximate surface area is 113 Å². The molecule has 2 N–H and O–H groups in total. The number of ether oxygens (including phenoxy) is 1. The highest BCUT2D eigenvalue weighted by Gasteiger charge is 2.08. The molecule has 0 fully saturated rings. The maximum atomic E-state index is 9.74. The van der Waals surface area contributed by atoms with Crippen LogP contribution in [0.3, 0.4) is 0 Å². The van der Waals surface area contributed by atoms with Gasteiger partial charge in [-0.25, -0.2) is 0 Å². The van der Waals surface area contributed by atoms with Gasteiger partial charge in [0.1, 0.15) is 0 Å². The lowest BCUT2D eigenvalue weighted by atomic mass is 10.0. The first-order valence-electron chi connectivity index (χ1n) is 7.41. The van der Waals surface area contributed by atoms with Crippen LogP contribution >= 0.6 is 0 Å². The largest absolute Gasteiger partial charge is 0.389 e. The zero-order chi connectivity index (χ0) is 14.0. The third-order valence-electron chi connectivity index (χ3n) is 2.88. The molecule has 0 amide bonds. The van der Waals surface area contributed by atoms with Gasteiger partial charge in [-0.15, -0.1) is 0 Å². The quantitative estimate of drug-likeness (QED) is 0.599. The van der Waals surface area contributed by atoms with Gasteiger partial charge in [0.25, 0.3) is 0 Å². The number of hydrogen-bond donors (Lipinski definition) is 2. The smallest absolute Gasteiger partial charge is 0.0897 e. The van der Waals surface area contributed by atoms with Crippen molar-refractivity contribution >= 4 is 0 Å². The van der Waals surface area contributed by atoms with E-state index in [1.807, 2.05) is 0 Å². The molecule has 0 aliphatic heterocycles. The van der Waals surface area contributed by atoms with E-state index in [0.717, 1.165) is 12.5 Å². The molecule has 0 aliphatic carbocycles. The predicted octanol–water partition coefficient (Wildman–Crippen LogP) is 2.82. The maximum Gasteiger partial charge on any atom is 0.0897 e. The standard InChI is InChI=1S/C15H33NO2/c1-12(2)7-6-8-14(5)16-9-15(17)11-18-10-13(3)4/h12-17H,6-11H2,1-5H3. The zero-order valence-corrected chi connectivity index (χ0v) is 12.9. The lowest BCUT2D eigenvalue weighted by Crippen LogP contribution is -2.36. The molecule has 0 radical (unpaired) electrons. The number of rotatable bonds is 11. The van der Waals surface area contributed by atoms with E-state index in [9.17, 15) is 5.11 Å². The Bertz CT molecular complexity index is 163. The molecule has 0 rings (SSSR count). The average Bonchev–Trinajstić information content (AvgIpc) is 2.25. The van der Waals surface area contributed by atoms with Gasteiger partial charge in [-0.3, -0.25) is 0 Å². The van der Waals surface area contributed by atoms with E-state index in [1.165, 1.54) is 19.3 Å². The molecule has 3 nitrogen and oxygen atoms in total. The van der Waals surface area contributed by atoms with Crippen molar-refractivity contribution in [2.75, 3.05) is 19.8 Å². The summed E-state index contributed by atoms with van der Waals surface area (Å²) in [6.07, 6.45) is 3.33. The molecule has 18 heavy (non-hydrogen) atoms. The lowest BCUT2D eigenvalue weighted by Gasteiger charge is -2.18. The molecule has 0 aromatic carbocycles. The first-order valence-corrected chi connectivity index (χ1v) is 7.41. The minimum atomic E-state index is -0.392. The minimum absolute atomic E-state index is 0.392. The SMILES string of the molecule is CC(C)CCCC(C)NCC(O)COCC(C)C. The summed E-state index contributed by atoms with van der Waals surface area (Å²) in [5, 5.41) is 13.1. The molecule has 3 heteroatoms. The van der Waals surface area contributed by atoms with Crippen LogP contribution in [-0.2, 0) is 4.74 Å². The zero-order valence-electron chi connectivity index (χ0n) is 12.9. The van der Waals surface area contributed by atoms with Crippen molar-refractivity contribution < 1.29 is 9.84 Å². The summed E-state index contributed by atoms with van der Waals surface area (Å²) >= 11 is 0. The van der Waals surface area contributed by atoms with Crippen LogP contribution in [0.15, 0.2) is 0 Å². The van der Waals surface area contributed by atoms with E-state index in [-0.39, 0.29) is 0 Å². The minimum Gasteiger partial charge on any atom is -0.389 e. The second kappa shape index (κ2) is 10.8. The Kier molecular flexibility index (Phi) is 10.7. The Morgan fingerprint density at radius 3 is 2.17 bits per heavy atom. The van der Waals surface area contributed by atoms with E-state index >= 15 is 0 Å². The van der Waals surface area contributed by atoms with E-state index in [4.69, 9.17) is 4.74 Å². The van der Waals surface area contributed by atoms with Crippen molar-refractivity contribution in [2.45, 2.75) is 66.0 Å². The molecular weight excluding hydrogens is 226 g/mol. The van der Waals surface area contributed by atoms with Crippen LogP contribution < -0.4 is 5.32 Å². The van der Waals surface area contributed by atoms with E-state index in [1.54, 1.807) is 0 Å². The highest BCUT2D eigenvalue weighted by Crippen LogP contribution is 2.08. The monoisotopic (exact) mass is 259 g/mol. The van der Waals surface area contributed by atoms with Crippen LogP contribution in [-0.4, -0.2) is 37.0 Å². The summed E-state index contributed by atoms with van der Waals surface area (Å²) in [5.41, 5.74) is 0. The lowest BCUT2D eigenvalue weighted by molar-refractivity contribution is 0.0250. The predicted molar refractivity (Wildman–Crippen MR) is 77.8 cm³/mol. The second-order valence-corrected chi connectivity index (χ2v) is 6.22. The summed E-state index contributed by atoms with van der Waals surface area (Å²) in [4.78, 5) is 0. The molecular formula is C15H33NO2. The number of hydrogen-bond acceptors (Lipinski definition) is 3. The first kappa shape index (κ1) is 17.9. The van der Waals surface area contributed by atoms with Gasteiger partial charge in [-0.1, -0.05) is 40.5 Å². The number of nitrogens with one attached hydrogen (secondary N) is 1. The molecule has 0 saturated carbocycles. The summed E-state index contributed by atoms with van der Waals surface area (Å²) in [5.74, 6) is 1.31. The fraction of sp³-hybridized carbons (Fsp3) is 1.00. The molecule has 0 spiro atoms. The van der Waals surface area contributed by atoms with E-state index < -0.39 is 6.10 Å². The van der Waals surface area contributed by atoms with Gasteiger partial charge >= 0.3 is 0 Å². The number of aliphatic hydroxyl groups is 1. The Morgan fingerprint density at radius 2 is 1.61 bits per heavy atom. The highest BCUT2D eigenvalue weighted by atomic mass is 16.5. The van der Waals surface area contributed by atoms with Crippen molar-refractivity contribution in [3.63, 3.8) is 0 Å². The van der Waals surface area contributed by atoms with Gasteiger partial charge < -0.3 is 15.2 Å². The van der Waals surface area contributed by atoms with Crippen LogP contribution in [0.2, 0.25) is 0 Å². The van der Waals surface area contributed by atoms with Crippen molar-refractivity contribution in [1.82, 2.24) is 5.32 Å². The van der Waals surface area contributed by atoms with Gasteiger partial charge in [-0.05, 0) is 25.2 Å². The third kappa shape index (κ3) is 12.3. The molecule has 0 aromatic heterocycles. The summed E-state index contributed by atoms with van der Waals surface area (Å²) in [6.45, 7) is 12.7. The topological polar surface area (TPSA) is 41.5 Å². The van der Waals surface area contributed by atoms with Crippen LogP contribution in [0.4, 0.5) is 0 Å². The molecule has 0 aromatic rings. The van der Waals surface area contributed by atoms with Crippen molar-refractivity contribution in [1.29, 1.82) is 0 Å². The van der Waals surface area contributed by atoms with Crippen LogP contribution in [0.5, 0.6) is 0 Å². The molecule has 0 bridgehead atoms. The van der Waals surface area contributed by atoms with Crippen molar-refractivity contribution in [3.05, 3.63) is 0 Å². The summed E-state index contributed by atoms with van der Waals surface area (Å²) in [6, 6.07) is 0.475. The molecule has 2 unspecified atom stereocenters. The van der Waals surface area contributed by atoms with Gasteiger partial charge in [0, 0.05) is 19.2 Å². The normalized spacial score (nSPS) is 15.3. The number of aliphatic hydroxyl groups excluding tert-OH is 1. The van der Waals surface area contributed by atoms with Crippen LogP contribution in [0, 0.1) is 11.8 Å². The molecule has 0 aliphatic rings. The summed E-state index contributed by atoms with van der Waals surface area (Å²) in [7, 11) is 0. The van der Waals surface area contributed by atoms with E-state index in [2.05, 4.69) is 39.9 Å². The Balaban J connectivity index is 3.44. The Hall–Kier alpha value is -0.120. The Morgan fingerprint density at radius 1 is 0.944 bits per heavy atom. The fourth-order valence-corrected chi connectivity index (χ4v) is 1.77. The van der Waals surface area contributed by atoms with E-state index in [0.29, 0.717) is 25.1 Å². The summed E-state index contributed by atoms with van der Waals surface area (Å²) < 4.78 is 5.41.